The number of fused-ring (bicyclic) bond motifs is 1. The molecule has 2 N–H and O–H groups in total. The van der Waals surface area contributed by atoms with Crippen LogP contribution in [-0.4, -0.2) is 29.8 Å². The Balaban J connectivity index is 1.17. The van der Waals surface area contributed by atoms with Gasteiger partial charge in [0.1, 0.15) is 5.82 Å². The van der Waals surface area contributed by atoms with E-state index in [9.17, 15) is 0 Å². The highest BCUT2D eigenvalue weighted by Crippen LogP contribution is 2.40. The van der Waals surface area contributed by atoms with Crippen molar-refractivity contribution in [2.75, 3.05) is 5.73 Å². The van der Waals surface area contributed by atoms with Gasteiger partial charge in [-0.1, -0.05) is 153 Å². The zero-order valence-electron chi connectivity index (χ0n) is 28.6. The van der Waals surface area contributed by atoms with Crippen LogP contribution in [0.25, 0.3) is 33.5 Å². The maximum atomic E-state index is 6.10. The minimum absolute atomic E-state index is 0.562. The number of nitrogen functional groups attached to an aromatic ring is 1. The highest BCUT2D eigenvalue weighted by Gasteiger charge is 2.41. The topological polar surface area (TPSA) is 87.4 Å². The van der Waals surface area contributed by atoms with E-state index in [1.54, 1.807) is 4.80 Å². The van der Waals surface area contributed by atoms with Crippen LogP contribution in [0.15, 0.2) is 158 Å². The summed E-state index contributed by atoms with van der Waals surface area (Å²) in [7, 11) is 0. The van der Waals surface area contributed by atoms with Crippen LogP contribution >= 0.6 is 0 Å². The molecule has 0 aliphatic rings. The van der Waals surface area contributed by atoms with Crippen LogP contribution in [0.4, 0.5) is 5.69 Å². The fourth-order valence-electron chi connectivity index (χ4n) is 7.15. The Labute approximate surface area is 298 Å². The number of tetrazole rings is 1. The number of aromatic nitrogens is 6. The maximum absolute atomic E-state index is 6.10. The van der Waals surface area contributed by atoms with Crippen LogP contribution in [0.3, 0.4) is 0 Å². The zero-order valence-corrected chi connectivity index (χ0v) is 28.6. The molecule has 2 aromatic heterocycles. The molecule has 51 heavy (non-hydrogen) atoms. The van der Waals surface area contributed by atoms with E-state index in [4.69, 9.17) is 26.1 Å². The number of nitrogens with zero attached hydrogens (tertiary/aromatic N) is 6. The predicted molar refractivity (Wildman–Crippen MR) is 205 cm³/mol. The third-order valence-corrected chi connectivity index (χ3v) is 9.67. The molecule has 0 aliphatic heterocycles. The van der Waals surface area contributed by atoms with Gasteiger partial charge in [-0.2, -0.15) is 0 Å². The molecule has 6 aromatic carbocycles. The van der Waals surface area contributed by atoms with E-state index in [1.165, 1.54) is 5.56 Å². The van der Waals surface area contributed by atoms with Crippen LogP contribution in [-0.2, 0) is 18.5 Å². The van der Waals surface area contributed by atoms with Gasteiger partial charge in [0.2, 0.25) is 5.82 Å². The number of aryl methyl sites for hydroxylation is 1. The molecule has 8 aromatic rings. The predicted octanol–water partition coefficient (Wildman–Crippen LogP) is 9.17. The molecule has 0 fully saturated rings. The standard InChI is InChI=1S/C44H39N7/c1-2-3-23-42-46-40-30-37(45)28-29-41(40)50(42)31-32-24-26-33(27-25-32)38-21-13-14-22-39(38)43-47-49-51(48-43)44(34-15-7-4-8-16-34,35-17-9-5-10-18-35)36-19-11-6-12-20-36/h4-22,24-30H,2-3,23,31,45H2,1H3. The van der Waals surface area contributed by atoms with Crippen molar-refractivity contribution in [1.29, 1.82) is 0 Å². The first-order valence-electron chi connectivity index (χ1n) is 17.6. The SMILES string of the molecule is CCCCc1nc2cc(N)ccc2n1Cc1ccc(-c2ccccc2-c2nnn(C(c3ccccc3)(c3ccccc3)c3ccccc3)n2)cc1. The molecule has 0 unspecified atom stereocenters. The maximum Gasteiger partial charge on any atom is 0.205 e. The monoisotopic (exact) mass is 665 g/mol. The lowest BCUT2D eigenvalue weighted by Crippen LogP contribution is -2.39. The molecule has 0 amide bonds. The van der Waals surface area contributed by atoms with E-state index >= 15 is 0 Å². The molecule has 7 heteroatoms. The molecule has 250 valence electrons. The van der Waals surface area contributed by atoms with Gasteiger partial charge in [-0.25, -0.2) is 4.98 Å². The lowest BCUT2D eigenvalue weighted by atomic mass is 9.77. The molecular formula is C44H39N7. The number of nitrogens with two attached hydrogens (primary N) is 1. The molecule has 0 saturated heterocycles. The summed E-state index contributed by atoms with van der Waals surface area (Å²) in [4.78, 5) is 6.73. The number of imidazole rings is 1. The van der Waals surface area contributed by atoms with Crippen molar-refractivity contribution in [3.8, 4) is 22.5 Å². The fourth-order valence-corrected chi connectivity index (χ4v) is 7.15. The first-order chi connectivity index (χ1) is 25.1. The van der Waals surface area contributed by atoms with Gasteiger partial charge in [-0.05, 0) is 63.2 Å². The van der Waals surface area contributed by atoms with Gasteiger partial charge in [0.25, 0.3) is 0 Å². The first-order valence-corrected chi connectivity index (χ1v) is 17.6. The second-order valence-corrected chi connectivity index (χ2v) is 12.9. The van der Waals surface area contributed by atoms with Gasteiger partial charge in [-0.15, -0.1) is 15.0 Å². The third kappa shape index (κ3) is 5.97. The second-order valence-electron chi connectivity index (χ2n) is 12.9. The first kappa shape index (κ1) is 31.9. The number of anilines is 1. The Bertz CT molecular complexity index is 2280. The lowest BCUT2D eigenvalue weighted by molar-refractivity contribution is 0.396. The highest BCUT2D eigenvalue weighted by atomic mass is 15.6. The Morgan fingerprint density at radius 1 is 0.647 bits per heavy atom. The van der Waals surface area contributed by atoms with Crippen LogP contribution in [0.5, 0.6) is 0 Å². The van der Waals surface area contributed by atoms with Crippen LogP contribution in [0, 0.1) is 0 Å². The summed E-state index contributed by atoms with van der Waals surface area (Å²) in [6, 6.07) is 54.3. The molecule has 0 bridgehead atoms. The van der Waals surface area contributed by atoms with Crippen molar-refractivity contribution in [1.82, 2.24) is 29.8 Å². The van der Waals surface area contributed by atoms with E-state index in [0.29, 0.717) is 5.82 Å². The van der Waals surface area contributed by atoms with Crippen molar-refractivity contribution in [3.05, 3.63) is 186 Å². The van der Waals surface area contributed by atoms with Gasteiger partial charge in [0.15, 0.2) is 5.54 Å². The van der Waals surface area contributed by atoms with E-state index in [2.05, 4.69) is 133 Å². The molecule has 0 saturated carbocycles. The highest BCUT2D eigenvalue weighted by molar-refractivity contribution is 5.81. The summed E-state index contributed by atoms with van der Waals surface area (Å²) < 4.78 is 2.33. The summed E-state index contributed by atoms with van der Waals surface area (Å²) in [5, 5.41) is 14.7. The molecule has 2 heterocycles. The summed E-state index contributed by atoms with van der Waals surface area (Å²) in [5.74, 6) is 1.66. The molecule has 0 aliphatic carbocycles. The summed E-state index contributed by atoms with van der Waals surface area (Å²) in [5.41, 5.74) is 15.4. The van der Waals surface area contributed by atoms with Gasteiger partial charge in [0, 0.05) is 24.2 Å². The van der Waals surface area contributed by atoms with Gasteiger partial charge >= 0.3 is 0 Å². The lowest BCUT2D eigenvalue weighted by Gasteiger charge is -2.34. The molecule has 7 nitrogen and oxygen atoms in total. The Morgan fingerprint density at radius 2 is 1.24 bits per heavy atom. The van der Waals surface area contributed by atoms with E-state index in [-0.39, 0.29) is 0 Å². The van der Waals surface area contributed by atoms with Gasteiger partial charge < -0.3 is 10.3 Å². The Hall–Kier alpha value is -6.34. The zero-order chi connectivity index (χ0) is 34.6. The molecule has 0 radical (unpaired) electrons. The Kier molecular flexibility index (Phi) is 8.68. The second kappa shape index (κ2) is 13.9. The van der Waals surface area contributed by atoms with E-state index in [1.807, 2.05) is 36.4 Å². The van der Waals surface area contributed by atoms with Crippen molar-refractivity contribution < 1.29 is 0 Å². The van der Waals surface area contributed by atoms with Crippen LogP contribution < -0.4 is 5.73 Å². The normalized spacial score (nSPS) is 11.6. The molecular weight excluding hydrogens is 627 g/mol. The number of benzene rings is 6. The smallest absolute Gasteiger partial charge is 0.205 e. The van der Waals surface area contributed by atoms with Gasteiger partial charge in [0.05, 0.1) is 11.0 Å². The molecule has 0 atom stereocenters. The third-order valence-electron chi connectivity index (χ3n) is 9.67. The van der Waals surface area contributed by atoms with Crippen molar-refractivity contribution >= 4 is 16.7 Å². The van der Waals surface area contributed by atoms with Crippen molar-refractivity contribution in [2.45, 2.75) is 38.3 Å². The van der Waals surface area contributed by atoms with E-state index < -0.39 is 5.54 Å². The minimum Gasteiger partial charge on any atom is -0.399 e. The van der Waals surface area contributed by atoms with Gasteiger partial charge in [-0.3, -0.25) is 0 Å². The van der Waals surface area contributed by atoms with E-state index in [0.717, 1.165) is 81.7 Å². The quantitative estimate of drug-likeness (QED) is 0.110. The fraction of sp³-hybridized carbons (Fsp3) is 0.136. The van der Waals surface area contributed by atoms with Crippen LogP contribution in [0.1, 0.15) is 47.8 Å². The summed E-state index contributed by atoms with van der Waals surface area (Å²) in [6.45, 7) is 2.95. The molecule has 8 rings (SSSR count). The molecule has 0 spiro atoms. The largest absolute Gasteiger partial charge is 0.399 e. The average molecular weight is 666 g/mol. The number of hydrogen-bond donors (Lipinski definition) is 1. The average Bonchev–Trinajstić information content (AvgIpc) is 3.81. The number of rotatable bonds is 11. The van der Waals surface area contributed by atoms with Crippen molar-refractivity contribution in [3.63, 3.8) is 0 Å². The Morgan fingerprint density at radius 3 is 1.84 bits per heavy atom. The van der Waals surface area contributed by atoms with Crippen molar-refractivity contribution in [2.24, 2.45) is 0 Å². The number of unbranched alkanes of at least 4 members (excludes halogenated alkanes) is 1. The summed E-state index contributed by atoms with van der Waals surface area (Å²) in [6.07, 6.45) is 3.15. The summed E-state index contributed by atoms with van der Waals surface area (Å²) >= 11 is 0. The van der Waals surface area contributed by atoms with Crippen LogP contribution in [0.2, 0.25) is 0 Å². The number of hydrogen-bond acceptors (Lipinski definition) is 5. The minimum atomic E-state index is -0.842.